The Morgan fingerprint density at radius 1 is 1.07 bits per heavy atom. The van der Waals surface area contributed by atoms with Gasteiger partial charge in [-0.2, -0.15) is 0 Å². The van der Waals surface area contributed by atoms with Crippen molar-refractivity contribution in [2.24, 2.45) is 5.73 Å². The molecule has 1 aromatic heterocycles. The van der Waals surface area contributed by atoms with Crippen LogP contribution in [0.25, 0.3) is 11.0 Å². The number of nitrogens with zero attached hydrogens (tertiary/aromatic N) is 1. The molecule has 0 fully saturated rings. The van der Waals surface area contributed by atoms with Crippen molar-refractivity contribution in [2.75, 3.05) is 6.54 Å². The van der Waals surface area contributed by atoms with Crippen LogP contribution in [0.1, 0.15) is 28.7 Å². The third-order valence-electron chi connectivity index (χ3n) is 4.81. The van der Waals surface area contributed by atoms with Crippen LogP contribution in [-0.4, -0.2) is 23.3 Å². The van der Waals surface area contributed by atoms with E-state index in [0.29, 0.717) is 13.1 Å². The quantitative estimate of drug-likeness (QED) is 0.697. The number of carbonyl (C=O) groups excluding carboxylic acids is 2. The Bertz CT molecular complexity index is 960. The zero-order chi connectivity index (χ0) is 19.4. The average molecular weight is 364 g/mol. The van der Waals surface area contributed by atoms with Gasteiger partial charge < -0.3 is 15.1 Å². The average Bonchev–Trinajstić information content (AvgIpc) is 3.01. The Kier molecular flexibility index (Phi) is 5.60. The normalized spacial score (nSPS) is 10.9. The predicted molar refractivity (Wildman–Crippen MR) is 105 cm³/mol. The summed E-state index contributed by atoms with van der Waals surface area (Å²) in [5.74, 6) is -0.471. The fraction of sp³-hybridized carbons (Fsp3) is 0.273. The molecule has 2 aromatic carbocycles. The summed E-state index contributed by atoms with van der Waals surface area (Å²) in [7, 11) is 0. The molecular formula is C22H24N2O3. The highest BCUT2D eigenvalue weighted by Crippen LogP contribution is 2.25. The fourth-order valence-corrected chi connectivity index (χ4v) is 3.09. The molecule has 0 aliphatic rings. The molecule has 1 heterocycles. The van der Waals surface area contributed by atoms with Gasteiger partial charge in [0.05, 0.1) is 12.7 Å². The van der Waals surface area contributed by atoms with E-state index in [4.69, 9.17) is 10.2 Å². The molecule has 0 radical (unpaired) electrons. The summed E-state index contributed by atoms with van der Waals surface area (Å²) in [4.78, 5) is 25.8. The van der Waals surface area contributed by atoms with E-state index in [0.717, 1.165) is 33.2 Å². The molecule has 5 heteroatoms. The van der Waals surface area contributed by atoms with Crippen LogP contribution < -0.4 is 5.73 Å². The smallest absolute Gasteiger partial charge is 0.227 e. The molecule has 2 N–H and O–H groups in total. The van der Waals surface area contributed by atoms with Crippen molar-refractivity contribution in [1.29, 1.82) is 0 Å². The monoisotopic (exact) mass is 364 g/mol. The Morgan fingerprint density at radius 3 is 2.48 bits per heavy atom. The van der Waals surface area contributed by atoms with Crippen LogP contribution in [0.4, 0.5) is 0 Å². The minimum Gasteiger partial charge on any atom is -0.464 e. The summed E-state index contributed by atoms with van der Waals surface area (Å²) in [6, 6.07) is 13.8. The van der Waals surface area contributed by atoms with Gasteiger partial charge in [0.1, 0.15) is 5.58 Å². The highest BCUT2D eigenvalue weighted by Gasteiger charge is 2.18. The lowest BCUT2D eigenvalue weighted by Gasteiger charge is -2.22. The number of benzene rings is 2. The lowest BCUT2D eigenvalue weighted by molar-refractivity contribution is -0.131. The van der Waals surface area contributed by atoms with Crippen LogP contribution in [0.5, 0.6) is 0 Å². The molecule has 3 rings (SSSR count). The largest absolute Gasteiger partial charge is 0.464 e. The Hall–Kier alpha value is -3.08. The van der Waals surface area contributed by atoms with Gasteiger partial charge in [0, 0.05) is 30.5 Å². The minimum absolute atomic E-state index is 0.0546. The molecule has 0 bridgehead atoms. The first-order chi connectivity index (χ1) is 12.9. The Labute approximate surface area is 158 Å². The number of carbonyl (C=O) groups is 2. The zero-order valence-electron chi connectivity index (χ0n) is 15.7. The number of hydrogen-bond donors (Lipinski definition) is 1. The summed E-state index contributed by atoms with van der Waals surface area (Å²) < 4.78 is 5.64. The number of nitrogens with two attached hydrogens (primary N) is 1. The maximum absolute atomic E-state index is 13.0. The third-order valence-corrected chi connectivity index (χ3v) is 4.81. The summed E-state index contributed by atoms with van der Waals surface area (Å²) in [6.07, 6.45) is 2.01. The van der Waals surface area contributed by atoms with E-state index in [2.05, 4.69) is 6.07 Å². The molecule has 0 aliphatic carbocycles. The van der Waals surface area contributed by atoms with Crippen LogP contribution in [0.15, 0.2) is 53.1 Å². The number of furan rings is 1. The lowest BCUT2D eigenvalue weighted by atomic mass is 10.0. The second-order valence-electron chi connectivity index (χ2n) is 6.89. The van der Waals surface area contributed by atoms with Gasteiger partial charge in [-0.25, -0.2) is 0 Å². The summed E-state index contributed by atoms with van der Waals surface area (Å²) >= 11 is 0. The van der Waals surface area contributed by atoms with Crippen LogP contribution in [0, 0.1) is 13.8 Å². The first-order valence-corrected chi connectivity index (χ1v) is 9.01. The highest BCUT2D eigenvalue weighted by molar-refractivity contribution is 5.88. The number of rotatable bonds is 7. The topological polar surface area (TPSA) is 76.5 Å². The van der Waals surface area contributed by atoms with E-state index < -0.39 is 5.91 Å². The van der Waals surface area contributed by atoms with Crippen LogP contribution in [-0.2, 0) is 22.6 Å². The summed E-state index contributed by atoms with van der Waals surface area (Å²) in [5, 5.41) is 0.959. The second kappa shape index (κ2) is 8.08. The van der Waals surface area contributed by atoms with E-state index in [1.807, 2.05) is 50.2 Å². The molecule has 0 unspecified atom stereocenters. The first-order valence-electron chi connectivity index (χ1n) is 9.01. The fourth-order valence-electron chi connectivity index (χ4n) is 3.09. The second-order valence-corrected chi connectivity index (χ2v) is 6.89. The molecule has 0 atom stereocenters. The zero-order valence-corrected chi connectivity index (χ0v) is 15.7. The highest BCUT2D eigenvalue weighted by atomic mass is 16.3. The van der Waals surface area contributed by atoms with Gasteiger partial charge in [0.25, 0.3) is 0 Å². The van der Waals surface area contributed by atoms with Crippen LogP contribution in [0.2, 0.25) is 0 Å². The molecule has 3 aromatic rings. The first kappa shape index (κ1) is 18.7. The van der Waals surface area contributed by atoms with Crippen LogP contribution in [0.3, 0.4) is 0 Å². The predicted octanol–water partition coefficient (Wildman–Crippen LogP) is 3.50. The van der Waals surface area contributed by atoms with Crippen molar-refractivity contribution in [3.05, 3.63) is 71.0 Å². The van der Waals surface area contributed by atoms with Crippen molar-refractivity contribution < 1.29 is 14.0 Å². The van der Waals surface area contributed by atoms with Gasteiger partial charge >= 0.3 is 0 Å². The molecule has 0 aliphatic heterocycles. The van der Waals surface area contributed by atoms with Crippen molar-refractivity contribution in [1.82, 2.24) is 4.90 Å². The van der Waals surface area contributed by atoms with Gasteiger partial charge in [-0.3, -0.25) is 9.59 Å². The van der Waals surface area contributed by atoms with Gasteiger partial charge in [-0.05, 0) is 42.7 Å². The molecule has 0 saturated carbocycles. The van der Waals surface area contributed by atoms with Crippen molar-refractivity contribution in [3.8, 4) is 0 Å². The van der Waals surface area contributed by atoms with Crippen molar-refractivity contribution in [2.45, 2.75) is 33.2 Å². The number of aryl methyl sites for hydroxylation is 2. The van der Waals surface area contributed by atoms with Gasteiger partial charge in [0.2, 0.25) is 11.8 Å². The number of primary amides is 1. The maximum Gasteiger partial charge on any atom is 0.227 e. The number of fused-ring (bicyclic) bond motifs is 1. The minimum atomic E-state index is -0.416. The number of amides is 2. The van der Waals surface area contributed by atoms with E-state index in [9.17, 15) is 9.59 Å². The maximum atomic E-state index is 13.0. The molecular weight excluding hydrogens is 340 g/mol. The Morgan fingerprint density at radius 2 is 1.78 bits per heavy atom. The third kappa shape index (κ3) is 4.56. The van der Waals surface area contributed by atoms with Gasteiger partial charge in [-0.1, -0.05) is 30.3 Å². The van der Waals surface area contributed by atoms with Crippen molar-refractivity contribution in [3.63, 3.8) is 0 Å². The summed E-state index contributed by atoms with van der Waals surface area (Å²) in [6.45, 7) is 4.83. The van der Waals surface area contributed by atoms with E-state index in [1.54, 1.807) is 11.2 Å². The van der Waals surface area contributed by atoms with Crippen LogP contribution >= 0.6 is 0 Å². The van der Waals surface area contributed by atoms with Crippen molar-refractivity contribution >= 4 is 22.8 Å². The summed E-state index contributed by atoms with van der Waals surface area (Å²) in [5.41, 5.74) is 10.3. The molecule has 2 amide bonds. The standard InChI is InChI=1S/C22H24N2O3/c1-15-10-19-18(14-27-20(19)11-16(15)2)12-22(26)24(9-8-21(23)25)13-17-6-4-3-5-7-17/h3-7,10-11,14H,8-9,12-13H2,1-2H3,(H2,23,25). The SMILES string of the molecule is Cc1cc2occ(CC(=O)N(CCC(N)=O)Cc3ccccc3)c2cc1C. The molecule has 27 heavy (non-hydrogen) atoms. The Balaban J connectivity index is 1.81. The number of hydrogen-bond acceptors (Lipinski definition) is 3. The van der Waals surface area contributed by atoms with E-state index >= 15 is 0 Å². The van der Waals surface area contributed by atoms with Gasteiger partial charge in [0.15, 0.2) is 0 Å². The van der Waals surface area contributed by atoms with E-state index in [1.165, 1.54) is 0 Å². The molecule has 0 spiro atoms. The van der Waals surface area contributed by atoms with Gasteiger partial charge in [-0.15, -0.1) is 0 Å². The molecule has 0 saturated heterocycles. The molecule has 140 valence electrons. The molecule has 5 nitrogen and oxygen atoms in total. The lowest BCUT2D eigenvalue weighted by Crippen LogP contribution is -2.34. The van der Waals surface area contributed by atoms with E-state index in [-0.39, 0.29) is 18.7 Å².